The van der Waals surface area contributed by atoms with E-state index in [1.165, 1.54) is 11.6 Å². The van der Waals surface area contributed by atoms with Gasteiger partial charge < -0.3 is 5.84 Å². The SMILES string of the molecule is N/N=C/Sc1ccccc1F. The Morgan fingerprint density at radius 3 is 2.82 bits per heavy atom. The Morgan fingerprint density at radius 2 is 2.18 bits per heavy atom. The molecule has 0 aromatic heterocycles. The van der Waals surface area contributed by atoms with E-state index in [0.29, 0.717) is 4.90 Å². The highest BCUT2D eigenvalue weighted by molar-refractivity contribution is 8.12. The summed E-state index contributed by atoms with van der Waals surface area (Å²) < 4.78 is 12.8. The number of rotatable bonds is 2. The Kier molecular flexibility index (Phi) is 2.92. The van der Waals surface area contributed by atoms with E-state index < -0.39 is 0 Å². The van der Waals surface area contributed by atoms with E-state index >= 15 is 0 Å². The number of hydrazone groups is 1. The van der Waals surface area contributed by atoms with E-state index in [4.69, 9.17) is 5.84 Å². The number of hydrogen-bond acceptors (Lipinski definition) is 3. The fourth-order valence-corrected chi connectivity index (χ4v) is 1.14. The first kappa shape index (κ1) is 8.07. The molecule has 1 aromatic carbocycles. The number of hydrogen-bond donors (Lipinski definition) is 1. The lowest BCUT2D eigenvalue weighted by molar-refractivity contribution is 0.602. The minimum Gasteiger partial charge on any atom is -0.323 e. The molecular weight excluding hydrogens is 163 g/mol. The van der Waals surface area contributed by atoms with Crippen molar-refractivity contribution in [3.63, 3.8) is 0 Å². The van der Waals surface area contributed by atoms with Crippen LogP contribution in [0.4, 0.5) is 4.39 Å². The minimum atomic E-state index is -0.252. The van der Waals surface area contributed by atoms with Crippen molar-refractivity contribution in [1.29, 1.82) is 0 Å². The molecule has 1 rings (SSSR count). The number of thioether (sulfide) groups is 1. The molecule has 0 radical (unpaired) electrons. The Bertz CT molecular complexity index is 262. The van der Waals surface area contributed by atoms with Gasteiger partial charge in [0.15, 0.2) is 0 Å². The predicted octanol–water partition coefficient (Wildman–Crippen LogP) is 1.82. The van der Waals surface area contributed by atoms with E-state index in [-0.39, 0.29) is 5.82 Å². The Hall–Kier alpha value is -1.03. The summed E-state index contributed by atoms with van der Waals surface area (Å²) in [6, 6.07) is 6.46. The molecule has 0 amide bonds. The van der Waals surface area contributed by atoms with Crippen LogP contribution in [0, 0.1) is 5.82 Å². The van der Waals surface area contributed by atoms with Crippen molar-refractivity contribution in [2.75, 3.05) is 0 Å². The smallest absolute Gasteiger partial charge is 0.137 e. The lowest BCUT2D eigenvalue weighted by atomic mass is 10.4. The third-order valence-electron chi connectivity index (χ3n) is 1.08. The molecule has 1 aromatic rings. The van der Waals surface area contributed by atoms with Crippen LogP contribution < -0.4 is 5.84 Å². The van der Waals surface area contributed by atoms with Crippen LogP contribution in [0.25, 0.3) is 0 Å². The van der Waals surface area contributed by atoms with Gasteiger partial charge in [0.1, 0.15) is 5.82 Å². The van der Waals surface area contributed by atoms with Gasteiger partial charge in [-0.1, -0.05) is 23.9 Å². The number of benzene rings is 1. The number of nitrogens with two attached hydrogens (primary N) is 1. The summed E-state index contributed by atoms with van der Waals surface area (Å²) in [4.78, 5) is 0.529. The van der Waals surface area contributed by atoms with Crippen LogP contribution in [-0.2, 0) is 0 Å². The van der Waals surface area contributed by atoms with Crippen molar-refractivity contribution in [3.8, 4) is 0 Å². The number of nitrogens with zero attached hydrogens (tertiary/aromatic N) is 1. The normalized spacial score (nSPS) is 10.6. The van der Waals surface area contributed by atoms with E-state index in [0.717, 1.165) is 11.8 Å². The second kappa shape index (κ2) is 3.98. The molecule has 0 heterocycles. The Balaban J connectivity index is 2.77. The molecule has 11 heavy (non-hydrogen) atoms. The maximum absolute atomic E-state index is 12.8. The van der Waals surface area contributed by atoms with E-state index in [1.54, 1.807) is 18.2 Å². The zero-order valence-electron chi connectivity index (χ0n) is 5.70. The van der Waals surface area contributed by atoms with Gasteiger partial charge in [0.25, 0.3) is 0 Å². The first-order chi connectivity index (χ1) is 5.34. The molecule has 0 unspecified atom stereocenters. The van der Waals surface area contributed by atoms with Crippen LogP contribution in [0.15, 0.2) is 34.3 Å². The van der Waals surface area contributed by atoms with Crippen molar-refractivity contribution in [2.45, 2.75) is 4.90 Å². The molecule has 0 saturated heterocycles. The Morgan fingerprint density at radius 1 is 1.45 bits per heavy atom. The van der Waals surface area contributed by atoms with Gasteiger partial charge in [0, 0.05) is 4.90 Å². The summed E-state index contributed by atoms with van der Waals surface area (Å²) >= 11 is 1.16. The van der Waals surface area contributed by atoms with Crippen LogP contribution in [-0.4, -0.2) is 5.55 Å². The van der Waals surface area contributed by atoms with Gasteiger partial charge in [-0.05, 0) is 12.1 Å². The summed E-state index contributed by atoms with van der Waals surface area (Å²) in [5.41, 5.74) is 1.39. The van der Waals surface area contributed by atoms with Gasteiger partial charge in [0.05, 0.1) is 5.55 Å². The third-order valence-corrected chi connectivity index (χ3v) is 1.89. The van der Waals surface area contributed by atoms with Crippen LogP contribution in [0.1, 0.15) is 0 Å². The third kappa shape index (κ3) is 2.23. The monoisotopic (exact) mass is 170 g/mol. The molecule has 2 nitrogen and oxygen atoms in total. The summed E-state index contributed by atoms with van der Waals surface area (Å²) in [6.07, 6.45) is 0. The van der Waals surface area contributed by atoms with E-state index in [9.17, 15) is 4.39 Å². The van der Waals surface area contributed by atoms with Crippen LogP contribution in [0.2, 0.25) is 0 Å². The summed E-state index contributed by atoms with van der Waals surface area (Å²) in [7, 11) is 0. The molecule has 0 saturated carbocycles. The van der Waals surface area contributed by atoms with Crippen LogP contribution in [0.5, 0.6) is 0 Å². The fourth-order valence-electron chi connectivity index (χ4n) is 0.628. The summed E-state index contributed by atoms with van der Waals surface area (Å²) in [6.45, 7) is 0. The fraction of sp³-hybridized carbons (Fsp3) is 0. The molecule has 0 aliphatic rings. The average Bonchev–Trinajstić information content (AvgIpc) is 2.03. The standard InChI is InChI=1S/C7H7FN2S/c8-6-3-1-2-4-7(6)11-5-10-9/h1-5H,9H2/b10-5+. The van der Waals surface area contributed by atoms with E-state index in [1.807, 2.05) is 0 Å². The topological polar surface area (TPSA) is 38.4 Å². The van der Waals surface area contributed by atoms with Crippen molar-refractivity contribution in [2.24, 2.45) is 10.9 Å². The molecular formula is C7H7FN2S. The molecule has 0 aliphatic carbocycles. The molecule has 58 valence electrons. The maximum atomic E-state index is 12.8. The molecule has 0 fully saturated rings. The summed E-state index contributed by atoms with van der Waals surface area (Å²) in [5.74, 6) is 4.60. The first-order valence-electron chi connectivity index (χ1n) is 2.97. The Labute approximate surface area is 68.3 Å². The zero-order valence-corrected chi connectivity index (χ0v) is 6.51. The van der Waals surface area contributed by atoms with Crippen LogP contribution >= 0.6 is 11.8 Å². The largest absolute Gasteiger partial charge is 0.323 e. The molecule has 0 bridgehead atoms. The van der Waals surface area contributed by atoms with Gasteiger partial charge in [-0.25, -0.2) is 4.39 Å². The number of halogens is 1. The van der Waals surface area contributed by atoms with Crippen molar-refractivity contribution in [1.82, 2.24) is 0 Å². The van der Waals surface area contributed by atoms with Gasteiger partial charge in [-0.2, -0.15) is 5.10 Å². The second-order valence-electron chi connectivity index (χ2n) is 1.80. The van der Waals surface area contributed by atoms with Crippen molar-refractivity contribution >= 4 is 17.3 Å². The predicted molar refractivity (Wildman–Crippen MR) is 44.9 cm³/mol. The molecule has 0 atom stereocenters. The summed E-state index contributed by atoms with van der Waals surface area (Å²) in [5, 5.41) is 3.24. The van der Waals surface area contributed by atoms with Crippen molar-refractivity contribution < 1.29 is 4.39 Å². The highest BCUT2D eigenvalue weighted by atomic mass is 32.2. The average molecular weight is 170 g/mol. The van der Waals surface area contributed by atoms with Crippen molar-refractivity contribution in [3.05, 3.63) is 30.1 Å². The first-order valence-corrected chi connectivity index (χ1v) is 3.85. The molecule has 4 heteroatoms. The lowest BCUT2D eigenvalue weighted by Crippen LogP contribution is -1.81. The maximum Gasteiger partial charge on any atom is 0.137 e. The highest BCUT2D eigenvalue weighted by Gasteiger charge is 1.97. The van der Waals surface area contributed by atoms with E-state index in [2.05, 4.69) is 5.10 Å². The highest BCUT2D eigenvalue weighted by Crippen LogP contribution is 2.18. The van der Waals surface area contributed by atoms with Gasteiger partial charge in [-0.3, -0.25) is 0 Å². The zero-order chi connectivity index (χ0) is 8.10. The second-order valence-corrected chi connectivity index (χ2v) is 2.69. The quantitative estimate of drug-likeness (QED) is 0.242. The molecule has 2 N–H and O–H groups in total. The lowest BCUT2D eigenvalue weighted by Gasteiger charge is -1.94. The minimum absolute atomic E-state index is 0.252. The molecule has 0 aliphatic heterocycles. The molecule has 0 spiro atoms. The van der Waals surface area contributed by atoms with Gasteiger partial charge in [-0.15, -0.1) is 0 Å². The van der Waals surface area contributed by atoms with Gasteiger partial charge >= 0.3 is 0 Å². The van der Waals surface area contributed by atoms with Crippen LogP contribution in [0.3, 0.4) is 0 Å². The van der Waals surface area contributed by atoms with Gasteiger partial charge in [0.2, 0.25) is 0 Å².